The Morgan fingerprint density at radius 2 is 1.68 bits per heavy atom. The van der Waals surface area contributed by atoms with Gasteiger partial charge in [0.25, 0.3) is 5.91 Å². The molecule has 1 heterocycles. The molecular weight excluding hydrogens is 360 g/mol. The minimum atomic E-state index is -0.755. The molecule has 0 atom stereocenters. The summed E-state index contributed by atoms with van der Waals surface area (Å²) in [6, 6.07) is 15.7. The Labute approximate surface area is 161 Å². The molecule has 28 heavy (non-hydrogen) atoms. The maximum atomic E-state index is 12.3. The molecule has 0 saturated carbocycles. The summed E-state index contributed by atoms with van der Waals surface area (Å²) < 4.78 is 5.04. The minimum Gasteiger partial charge on any atom is -0.451 e. The number of para-hydroxylation sites is 2. The van der Waals surface area contributed by atoms with E-state index in [9.17, 15) is 14.4 Å². The molecule has 0 aliphatic rings. The number of hydrogen-bond donors (Lipinski definition) is 1. The summed E-state index contributed by atoms with van der Waals surface area (Å²) in [4.78, 5) is 37.3. The largest absolute Gasteiger partial charge is 0.451 e. The molecule has 0 bridgehead atoms. The molecule has 1 amide bonds. The third-order valence-corrected chi connectivity index (χ3v) is 3.88. The fourth-order valence-electron chi connectivity index (χ4n) is 2.53. The maximum Gasteiger partial charge on any atom is 0.361 e. The SMILES string of the molecule is CC(=O)c1ccccc1NC(=O)COC(=O)c1nn(-c2ccccc2)nc1C. The van der Waals surface area contributed by atoms with Gasteiger partial charge in [0.1, 0.15) is 0 Å². The second kappa shape index (κ2) is 8.26. The Kier molecular flexibility index (Phi) is 5.59. The van der Waals surface area contributed by atoms with Crippen LogP contribution in [-0.4, -0.2) is 39.3 Å². The number of esters is 1. The predicted octanol–water partition coefficient (Wildman–Crippen LogP) is 2.57. The van der Waals surface area contributed by atoms with Crippen LogP contribution in [0, 0.1) is 6.92 Å². The van der Waals surface area contributed by atoms with E-state index in [0.29, 0.717) is 22.6 Å². The fourth-order valence-corrected chi connectivity index (χ4v) is 2.53. The van der Waals surface area contributed by atoms with E-state index in [0.717, 1.165) is 0 Å². The van der Waals surface area contributed by atoms with Crippen molar-refractivity contribution in [2.24, 2.45) is 0 Å². The van der Waals surface area contributed by atoms with E-state index >= 15 is 0 Å². The number of rotatable bonds is 6. The first-order valence-electron chi connectivity index (χ1n) is 8.52. The van der Waals surface area contributed by atoms with Crippen molar-refractivity contribution in [2.45, 2.75) is 13.8 Å². The van der Waals surface area contributed by atoms with Crippen LogP contribution >= 0.6 is 0 Å². The smallest absolute Gasteiger partial charge is 0.361 e. The Hall–Kier alpha value is -3.81. The first-order chi connectivity index (χ1) is 13.5. The average Bonchev–Trinajstić information content (AvgIpc) is 3.09. The van der Waals surface area contributed by atoms with Crippen LogP contribution in [0.4, 0.5) is 5.69 Å². The van der Waals surface area contributed by atoms with E-state index in [1.54, 1.807) is 43.3 Å². The zero-order valence-electron chi connectivity index (χ0n) is 15.4. The molecule has 3 rings (SSSR count). The summed E-state index contributed by atoms with van der Waals surface area (Å²) in [7, 11) is 0. The summed E-state index contributed by atoms with van der Waals surface area (Å²) in [5.41, 5.74) is 1.85. The molecule has 8 heteroatoms. The van der Waals surface area contributed by atoms with Gasteiger partial charge < -0.3 is 10.1 Å². The number of nitrogens with one attached hydrogen (secondary N) is 1. The van der Waals surface area contributed by atoms with Crippen LogP contribution in [-0.2, 0) is 9.53 Å². The van der Waals surface area contributed by atoms with Gasteiger partial charge in [-0.15, -0.1) is 5.10 Å². The maximum absolute atomic E-state index is 12.3. The van der Waals surface area contributed by atoms with E-state index in [2.05, 4.69) is 15.5 Å². The van der Waals surface area contributed by atoms with Crippen LogP contribution in [0.5, 0.6) is 0 Å². The molecule has 8 nitrogen and oxygen atoms in total. The normalized spacial score (nSPS) is 10.4. The Morgan fingerprint density at radius 1 is 1.00 bits per heavy atom. The van der Waals surface area contributed by atoms with Gasteiger partial charge in [0.05, 0.1) is 17.1 Å². The van der Waals surface area contributed by atoms with Gasteiger partial charge >= 0.3 is 5.97 Å². The summed E-state index contributed by atoms with van der Waals surface area (Å²) in [6.45, 7) is 2.53. The molecule has 3 aromatic rings. The van der Waals surface area contributed by atoms with Crippen LogP contribution in [0.25, 0.3) is 5.69 Å². The fraction of sp³-hybridized carbons (Fsp3) is 0.150. The van der Waals surface area contributed by atoms with Crippen molar-refractivity contribution in [3.8, 4) is 5.69 Å². The molecule has 0 spiro atoms. The second-order valence-corrected chi connectivity index (χ2v) is 5.99. The zero-order chi connectivity index (χ0) is 20.1. The highest BCUT2D eigenvalue weighted by Gasteiger charge is 2.19. The molecule has 1 N–H and O–H groups in total. The van der Waals surface area contributed by atoms with Crippen molar-refractivity contribution in [1.29, 1.82) is 0 Å². The van der Waals surface area contributed by atoms with Gasteiger partial charge in [0.15, 0.2) is 18.1 Å². The van der Waals surface area contributed by atoms with Crippen molar-refractivity contribution in [1.82, 2.24) is 15.0 Å². The molecule has 142 valence electrons. The molecule has 0 aliphatic heterocycles. The Balaban J connectivity index is 1.64. The quantitative estimate of drug-likeness (QED) is 0.522. The first-order valence-corrected chi connectivity index (χ1v) is 8.52. The van der Waals surface area contributed by atoms with Crippen molar-refractivity contribution in [2.75, 3.05) is 11.9 Å². The lowest BCUT2D eigenvalue weighted by Crippen LogP contribution is -2.22. The van der Waals surface area contributed by atoms with Crippen LogP contribution in [0.1, 0.15) is 33.5 Å². The standard InChI is InChI=1S/C20H18N4O4/c1-13-19(23-24(22-13)15-8-4-3-5-9-15)20(27)28-12-18(26)21-17-11-7-6-10-16(17)14(2)25/h3-11H,12H2,1-2H3,(H,21,26). The number of benzene rings is 2. The Morgan fingerprint density at radius 3 is 2.39 bits per heavy atom. The van der Waals surface area contributed by atoms with Gasteiger partial charge in [-0.3, -0.25) is 9.59 Å². The van der Waals surface area contributed by atoms with Crippen molar-refractivity contribution in [3.63, 3.8) is 0 Å². The number of nitrogens with zero attached hydrogens (tertiary/aromatic N) is 3. The second-order valence-electron chi connectivity index (χ2n) is 5.99. The van der Waals surface area contributed by atoms with Crippen molar-refractivity contribution >= 4 is 23.3 Å². The van der Waals surface area contributed by atoms with E-state index < -0.39 is 18.5 Å². The molecule has 0 saturated heterocycles. The summed E-state index contributed by atoms with van der Waals surface area (Å²) in [5, 5.41) is 10.9. The van der Waals surface area contributed by atoms with Gasteiger partial charge in [0.2, 0.25) is 0 Å². The minimum absolute atomic E-state index is 0.0285. The number of carbonyl (C=O) groups excluding carboxylic acids is 3. The van der Waals surface area contributed by atoms with Gasteiger partial charge in [-0.2, -0.15) is 9.90 Å². The number of carbonyl (C=O) groups is 3. The highest BCUT2D eigenvalue weighted by Crippen LogP contribution is 2.15. The third kappa shape index (κ3) is 4.29. The number of amides is 1. The number of anilines is 1. The number of ether oxygens (including phenoxy) is 1. The number of ketones is 1. The van der Waals surface area contributed by atoms with Gasteiger partial charge in [0, 0.05) is 5.56 Å². The highest BCUT2D eigenvalue weighted by molar-refractivity contribution is 6.04. The van der Waals surface area contributed by atoms with E-state index in [4.69, 9.17) is 4.74 Å². The monoisotopic (exact) mass is 378 g/mol. The van der Waals surface area contributed by atoms with Crippen LogP contribution in [0.15, 0.2) is 54.6 Å². The lowest BCUT2D eigenvalue weighted by molar-refractivity contribution is -0.119. The molecule has 0 fully saturated rings. The lowest BCUT2D eigenvalue weighted by Gasteiger charge is -2.09. The topological polar surface area (TPSA) is 103 Å². The molecule has 2 aromatic carbocycles. The highest BCUT2D eigenvalue weighted by atomic mass is 16.5. The molecule has 1 aromatic heterocycles. The predicted molar refractivity (Wildman–Crippen MR) is 101 cm³/mol. The number of aryl methyl sites for hydroxylation is 1. The van der Waals surface area contributed by atoms with Crippen LogP contribution < -0.4 is 5.32 Å². The van der Waals surface area contributed by atoms with Crippen molar-refractivity contribution in [3.05, 3.63) is 71.5 Å². The van der Waals surface area contributed by atoms with Gasteiger partial charge in [-0.1, -0.05) is 30.3 Å². The van der Waals surface area contributed by atoms with Crippen LogP contribution in [0.2, 0.25) is 0 Å². The molecule has 0 unspecified atom stereocenters. The third-order valence-electron chi connectivity index (χ3n) is 3.88. The van der Waals surface area contributed by atoms with Crippen molar-refractivity contribution < 1.29 is 19.1 Å². The van der Waals surface area contributed by atoms with Gasteiger partial charge in [-0.05, 0) is 38.1 Å². The molecule has 0 aliphatic carbocycles. The average molecular weight is 378 g/mol. The first kappa shape index (κ1) is 19.0. The lowest BCUT2D eigenvalue weighted by atomic mass is 10.1. The Bertz CT molecular complexity index is 1030. The number of aromatic nitrogens is 3. The van der Waals surface area contributed by atoms with Crippen LogP contribution in [0.3, 0.4) is 0 Å². The number of hydrogen-bond acceptors (Lipinski definition) is 6. The summed E-state index contributed by atoms with van der Waals surface area (Å²) in [5.74, 6) is -1.49. The number of Topliss-reactive ketones (excluding diaryl/α,β-unsaturated/α-hetero) is 1. The molecule has 0 radical (unpaired) electrons. The molecular formula is C20H18N4O4. The summed E-state index contributed by atoms with van der Waals surface area (Å²) in [6.07, 6.45) is 0. The summed E-state index contributed by atoms with van der Waals surface area (Å²) >= 11 is 0. The van der Waals surface area contributed by atoms with E-state index in [1.165, 1.54) is 11.7 Å². The van der Waals surface area contributed by atoms with E-state index in [1.807, 2.05) is 18.2 Å². The van der Waals surface area contributed by atoms with E-state index in [-0.39, 0.29) is 11.5 Å². The zero-order valence-corrected chi connectivity index (χ0v) is 15.4. The van der Waals surface area contributed by atoms with Gasteiger partial charge in [-0.25, -0.2) is 4.79 Å².